The van der Waals surface area contributed by atoms with Gasteiger partial charge in [0.05, 0.1) is 24.8 Å². The lowest BCUT2D eigenvalue weighted by Gasteiger charge is -2.18. The van der Waals surface area contributed by atoms with Crippen LogP contribution in [0.1, 0.15) is 12.2 Å². The minimum atomic E-state index is -3.55. The molecule has 9 heteroatoms. The van der Waals surface area contributed by atoms with Gasteiger partial charge in [-0.15, -0.1) is 0 Å². The van der Waals surface area contributed by atoms with Gasteiger partial charge in [0.15, 0.2) is 0 Å². The van der Waals surface area contributed by atoms with E-state index in [2.05, 4.69) is 5.32 Å². The lowest BCUT2D eigenvalue weighted by Crippen LogP contribution is -2.32. The summed E-state index contributed by atoms with van der Waals surface area (Å²) < 4.78 is 56.0. The third-order valence-electron chi connectivity index (χ3n) is 3.17. The summed E-state index contributed by atoms with van der Waals surface area (Å²) in [6, 6.07) is 6.00. The van der Waals surface area contributed by atoms with Crippen LogP contribution >= 0.6 is 0 Å². The Morgan fingerprint density at radius 1 is 1.29 bits per heavy atom. The Kier molecular flexibility index (Phi) is 5.68. The molecule has 0 aliphatic rings. The summed E-state index contributed by atoms with van der Waals surface area (Å²) in [6.45, 7) is -0.113. The molecular formula is C15H16F2N2O4S. The van der Waals surface area contributed by atoms with Crippen LogP contribution in [0, 0.1) is 11.6 Å². The first kappa shape index (κ1) is 18.1. The molecule has 0 aliphatic carbocycles. The molecule has 0 fully saturated rings. The number of sulfonamides is 1. The number of hydrogen-bond donors (Lipinski definition) is 1. The average molecular weight is 358 g/mol. The van der Waals surface area contributed by atoms with Gasteiger partial charge in [0.25, 0.3) is 0 Å². The molecule has 1 aromatic carbocycles. The minimum absolute atomic E-state index is 0.00990. The molecule has 2 rings (SSSR count). The molecule has 1 N–H and O–H groups in total. The Morgan fingerprint density at radius 2 is 2.04 bits per heavy atom. The summed E-state index contributed by atoms with van der Waals surface area (Å²) in [5.41, 5.74) is -0.168. The summed E-state index contributed by atoms with van der Waals surface area (Å²) in [7, 11) is -3.55. The van der Waals surface area contributed by atoms with Crippen LogP contribution in [-0.4, -0.2) is 31.4 Å². The van der Waals surface area contributed by atoms with Crippen LogP contribution in [0.4, 0.5) is 14.5 Å². The Balaban J connectivity index is 1.97. The van der Waals surface area contributed by atoms with E-state index < -0.39 is 27.6 Å². The highest BCUT2D eigenvalue weighted by Crippen LogP contribution is 2.15. The van der Waals surface area contributed by atoms with Gasteiger partial charge in [-0.2, -0.15) is 4.31 Å². The quantitative estimate of drug-likeness (QED) is 0.824. The van der Waals surface area contributed by atoms with E-state index in [-0.39, 0.29) is 25.2 Å². The lowest BCUT2D eigenvalue weighted by molar-refractivity contribution is -0.116. The number of nitrogens with zero attached hydrogens (tertiary/aromatic N) is 1. The second-order valence-corrected chi connectivity index (χ2v) is 7.08. The second kappa shape index (κ2) is 7.54. The molecule has 0 unspecified atom stereocenters. The zero-order chi connectivity index (χ0) is 17.7. The number of amides is 1. The molecule has 0 spiro atoms. The van der Waals surface area contributed by atoms with Crippen LogP contribution in [0.5, 0.6) is 0 Å². The van der Waals surface area contributed by atoms with Crippen molar-refractivity contribution < 1.29 is 26.4 Å². The fourth-order valence-electron chi connectivity index (χ4n) is 1.97. The van der Waals surface area contributed by atoms with Crippen LogP contribution in [0.2, 0.25) is 0 Å². The maximum atomic E-state index is 13.5. The van der Waals surface area contributed by atoms with Crippen molar-refractivity contribution in [1.29, 1.82) is 0 Å². The first-order valence-electron chi connectivity index (χ1n) is 6.98. The van der Waals surface area contributed by atoms with Gasteiger partial charge in [-0.05, 0) is 24.3 Å². The number of hydrogen-bond acceptors (Lipinski definition) is 4. The standard InChI is InChI=1S/C15H16F2N2O4S/c1-24(21,22)19(10-12-3-2-8-23-12)7-6-15(20)18-14-5-4-11(16)9-13(14)17/h2-5,8-9H,6-7,10H2,1H3,(H,18,20). The van der Waals surface area contributed by atoms with Crippen LogP contribution in [0.3, 0.4) is 0 Å². The molecule has 6 nitrogen and oxygen atoms in total. The number of rotatable bonds is 7. The summed E-state index contributed by atoms with van der Waals surface area (Å²) in [4.78, 5) is 11.9. The Morgan fingerprint density at radius 3 is 2.62 bits per heavy atom. The molecule has 0 atom stereocenters. The molecule has 130 valence electrons. The predicted octanol–water partition coefficient (Wildman–Crippen LogP) is 2.35. The van der Waals surface area contributed by atoms with Gasteiger partial charge < -0.3 is 9.73 Å². The Hall–Kier alpha value is -2.26. The number of carbonyl (C=O) groups excluding carboxylic acids is 1. The van der Waals surface area contributed by atoms with Crippen molar-refractivity contribution in [3.05, 3.63) is 54.0 Å². The van der Waals surface area contributed by atoms with Crippen molar-refractivity contribution in [2.75, 3.05) is 18.1 Å². The van der Waals surface area contributed by atoms with E-state index >= 15 is 0 Å². The lowest BCUT2D eigenvalue weighted by atomic mass is 10.3. The van der Waals surface area contributed by atoms with Crippen molar-refractivity contribution >= 4 is 21.6 Å². The van der Waals surface area contributed by atoms with Gasteiger partial charge in [-0.3, -0.25) is 4.79 Å². The molecule has 0 saturated carbocycles. The molecule has 1 aromatic heterocycles. The number of benzene rings is 1. The summed E-state index contributed by atoms with van der Waals surface area (Å²) in [6.07, 6.45) is 2.25. The first-order chi connectivity index (χ1) is 11.3. The van der Waals surface area contributed by atoms with Gasteiger partial charge in [0, 0.05) is 19.0 Å². The van der Waals surface area contributed by atoms with Crippen LogP contribution < -0.4 is 5.32 Å². The first-order valence-corrected chi connectivity index (χ1v) is 8.83. The fourth-order valence-corrected chi connectivity index (χ4v) is 2.75. The molecule has 1 amide bonds. The SMILES string of the molecule is CS(=O)(=O)N(CCC(=O)Nc1ccc(F)cc1F)Cc1ccco1. The Bertz CT molecular complexity index is 807. The molecule has 1 heterocycles. The van der Waals surface area contributed by atoms with E-state index in [9.17, 15) is 22.0 Å². The van der Waals surface area contributed by atoms with Gasteiger partial charge >= 0.3 is 0 Å². The molecule has 0 radical (unpaired) electrons. The topological polar surface area (TPSA) is 79.6 Å². The Labute approximate surface area is 138 Å². The summed E-state index contributed by atoms with van der Waals surface area (Å²) in [5, 5.41) is 2.28. The number of carbonyl (C=O) groups is 1. The zero-order valence-corrected chi connectivity index (χ0v) is 13.6. The number of anilines is 1. The monoisotopic (exact) mass is 358 g/mol. The van der Waals surface area contributed by atoms with Crippen molar-refractivity contribution in [3.63, 3.8) is 0 Å². The normalized spacial score (nSPS) is 11.7. The van der Waals surface area contributed by atoms with Gasteiger partial charge in [0.2, 0.25) is 15.9 Å². The van der Waals surface area contributed by atoms with Crippen LogP contribution in [0.15, 0.2) is 41.0 Å². The average Bonchev–Trinajstić information content (AvgIpc) is 2.98. The maximum absolute atomic E-state index is 13.5. The zero-order valence-electron chi connectivity index (χ0n) is 12.8. The molecule has 0 saturated heterocycles. The molecular weight excluding hydrogens is 342 g/mol. The molecule has 0 bridgehead atoms. The van der Waals surface area contributed by atoms with Gasteiger partial charge in [0.1, 0.15) is 17.4 Å². The van der Waals surface area contributed by atoms with Gasteiger partial charge in [-0.1, -0.05) is 0 Å². The maximum Gasteiger partial charge on any atom is 0.225 e. The summed E-state index contributed by atoms with van der Waals surface area (Å²) in [5.74, 6) is -1.81. The third kappa shape index (κ3) is 5.14. The number of furan rings is 1. The van der Waals surface area contributed by atoms with E-state index in [1.807, 2.05) is 0 Å². The van der Waals surface area contributed by atoms with Crippen LogP contribution in [0.25, 0.3) is 0 Å². The molecule has 2 aromatic rings. The van der Waals surface area contributed by atoms with Crippen molar-refractivity contribution in [2.45, 2.75) is 13.0 Å². The van der Waals surface area contributed by atoms with Crippen molar-refractivity contribution in [3.8, 4) is 0 Å². The highest BCUT2D eigenvalue weighted by Gasteiger charge is 2.19. The van der Waals surface area contributed by atoms with E-state index in [0.717, 1.165) is 22.7 Å². The van der Waals surface area contributed by atoms with Crippen molar-refractivity contribution in [2.24, 2.45) is 0 Å². The highest BCUT2D eigenvalue weighted by molar-refractivity contribution is 7.88. The van der Waals surface area contributed by atoms with E-state index in [1.54, 1.807) is 12.1 Å². The minimum Gasteiger partial charge on any atom is -0.468 e. The molecule has 24 heavy (non-hydrogen) atoms. The second-order valence-electron chi connectivity index (χ2n) is 5.10. The highest BCUT2D eigenvalue weighted by atomic mass is 32.2. The number of nitrogens with one attached hydrogen (secondary N) is 1. The molecule has 0 aliphatic heterocycles. The third-order valence-corrected chi connectivity index (χ3v) is 4.42. The fraction of sp³-hybridized carbons (Fsp3) is 0.267. The van der Waals surface area contributed by atoms with E-state index in [4.69, 9.17) is 4.42 Å². The van der Waals surface area contributed by atoms with E-state index in [0.29, 0.717) is 11.8 Å². The summed E-state index contributed by atoms with van der Waals surface area (Å²) >= 11 is 0. The smallest absolute Gasteiger partial charge is 0.225 e. The van der Waals surface area contributed by atoms with E-state index in [1.165, 1.54) is 6.26 Å². The predicted molar refractivity (Wildman–Crippen MR) is 83.6 cm³/mol. The van der Waals surface area contributed by atoms with Crippen molar-refractivity contribution in [1.82, 2.24) is 4.31 Å². The van der Waals surface area contributed by atoms with Gasteiger partial charge in [-0.25, -0.2) is 17.2 Å². The number of halogens is 2. The van der Waals surface area contributed by atoms with Crippen LogP contribution in [-0.2, 0) is 21.4 Å². The largest absolute Gasteiger partial charge is 0.468 e.